The molecule has 0 saturated carbocycles. The van der Waals surface area contributed by atoms with Crippen molar-refractivity contribution in [1.82, 2.24) is 15.5 Å². The van der Waals surface area contributed by atoms with E-state index in [1.807, 2.05) is 0 Å². The lowest BCUT2D eigenvalue weighted by Crippen LogP contribution is -2.34. The van der Waals surface area contributed by atoms with Gasteiger partial charge in [0.2, 0.25) is 11.8 Å². The van der Waals surface area contributed by atoms with Crippen molar-refractivity contribution in [2.75, 3.05) is 33.7 Å². The van der Waals surface area contributed by atoms with Crippen LogP contribution in [0.1, 0.15) is 25.7 Å². The average molecular weight is 278 g/mol. The highest BCUT2D eigenvalue weighted by molar-refractivity contribution is 5.85. The van der Waals surface area contributed by atoms with Crippen molar-refractivity contribution in [3.63, 3.8) is 0 Å². The van der Waals surface area contributed by atoms with Crippen molar-refractivity contribution >= 4 is 24.2 Å². The Morgan fingerprint density at radius 3 is 2.44 bits per heavy atom. The minimum absolute atomic E-state index is 0. The highest BCUT2D eigenvalue weighted by Crippen LogP contribution is 2.15. The molecule has 0 unspecified atom stereocenters. The summed E-state index contributed by atoms with van der Waals surface area (Å²) in [5.74, 6) is 0.622. The molecule has 18 heavy (non-hydrogen) atoms. The fourth-order valence-corrected chi connectivity index (χ4v) is 1.95. The average Bonchev–Trinajstić information content (AvgIpc) is 2.30. The molecule has 2 amide bonds. The van der Waals surface area contributed by atoms with E-state index in [1.54, 1.807) is 19.0 Å². The molecule has 106 valence electrons. The van der Waals surface area contributed by atoms with Crippen LogP contribution in [0.15, 0.2) is 0 Å². The number of halogens is 1. The van der Waals surface area contributed by atoms with Crippen LogP contribution in [0.5, 0.6) is 0 Å². The Morgan fingerprint density at radius 1 is 1.28 bits per heavy atom. The maximum absolute atomic E-state index is 11.6. The summed E-state index contributed by atoms with van der Waals surface area (Å²) in [4.78, 5) is 24.4. The predicted molar refractivity (Wildman–Crippen MR) is 73.8 cm³/mol. The summed E-state index contributed by atoms with van der Waals surface area (Å²) in [7, 11) is 3.44. The smallest absolute Gasteiger partial charge is 0.223 e. The largest absolute Gasteiger partial charge is 0.356 e. The van der Waals surface area contributed by atoms with Crippen molar-refractivity contribution in [3.05, 3.63) is 0 Å². The molecule has 6 heteroatoms. The first-order valence-corrected chi connectivity index (χ1v) is 6.27. The predicted octanol–water partition coefficient (Wildman–Crippen LogP) is 0.392. The van der Waals surface area contributed by atoms with Gasteiger partial charge < -0.3 is 15.5 Å². The van der Waals surface area contributed by atoms with Gasteiger partial charge >= 0.3 is 0 Å². The second kappa shape index (κ2) is 9.16. The second-order valence-electron chi connectivity index (χ2n) is 4.79. The molecule has 0 aromatic carbocycles. The second-order valence-corrected chi connectivity index (χ2v) is 4.79. The fourth-order valence-electron chi connectivity index (χ4n) is 1.95. The molecule has 0 bridgehead atoms. The van der Waals surface area contributed by atoms with Crippen molar-refractivity contribution in [2.24, 2.45) is 5.92 Å². The first-order valence-electron chi connectivity index (χ1n) is 6.27. The van der Waals surface area contributed by atoms with Crippen molar-refractivity contribution < 1.29 is 9.59 Å². The minimum Gasteiger partial charge on any atom is -0.356 e. The van der Waals surface area contributed by atoms with Gasteiger partial charge in [0.1, 0.15) is 0 Å². The molecule has 1 rings (SSSR count). The van der Waals surface area contributed by atoms with Crippen LogP contribution in [0, 0.1) is 5.92 Å². The van der Waals surface area contributed by atoms with E-state index < -0.39 is 0 Å². The number of amides is 2. The lowest BCUT2D eigenvalue weighted by atomic mass is 9.94. The Hall–Kier alpha value is -0.810. The summed E-state index contributed by atoms with van der Waals surface area (Å²) in [6.07, 6.45) is 3.12. The van der Waals surface area contributed by atoms with Gasteiger partial charge in [-0.25, -0.2) is 0 Å². The summed E-state index contributed by atoms with van der Waals surface area (Å²) >= 11 is 0. The third-order valence-corrected chi connectivity index (χ3v) is 3.09. The molecule has 0 aromatic heterocycles. The normalized spacial score (nSPS) is 15.7. The van der Waals surface area contributed by atoms with Crippen LogP contribution in [0.4, 0.5) is 0 Å². The zero-order chi connectivity index (χ0) is 12.7. The van der Waals surface area contributed by atoms with Gasteiger partial charge in [-0.3, -0.25) is 9.59 Å². The molecule has 1 heterocycles. The number of hydrogen-bond acceptors (Lipinski definition) is 3. The SMILES string of the molecule is CN(C)C(=O)CCNC(=O)CC1CCNCC1.Cl. The minimum atomic E-state index is 0. The molecule has 5 nitrogen and oxygen atoms in total. The third-order valence-electron chi connectivity index (χ3n) is 3.09. The van der Waals surface area contributed by atoms with Crippen molar-refractivity contribution in [3.8, 4) is 0 Å². The molecule has 1 aliphatic rings. The summed E-state index contributed by atoms with van der Waals surface area (Å²) in [5.41, 5.74) is 0. The quantitative estimate of drug-likeness (QED) is 0.764. The maximum Gasteiger partial charge on any atom is 0.223 e. The summed E-state index contributed by atoms with van der Waals surface area (Å²) in [6.45, 7) is 2.47. The Labute approximate surface area is 115 Å². The van der Waals surface area contributed by atoms with Gasteiger partial charge in [-0.15, -0.1) is 12.4 Å². The Bertz CT molecular complexity index is 266. The first kappa shape index (κ1) is 17.2. The monoisotopic (exact) mass is 277 g/mol. The van der Waals surface area contributed by atoms with E-state index in [0.29, 0.717) is 25.3 Å². The van der Waals surface area contributed by atoms with Gasteiger partial charge in [-0.2, -0.15) is 0 Å². The number of piperidine rings is 1. The number of nitrogens with one attached hydrogen (secondary N) is 2. The molecular weight excluding hydrogens is 254 g/mol. The number of nitrogens with zero attached hydrogens (tertiary/aromatic N) is 1. The molecule has 0 atom stereocenters. The van der Waals surface area contributed by atoms with Crippen molar-refractivity contribution in [2.45, 2.75) is 25.7 Å². The highest BCUT2D eigenvalue weighted by Gasteiger charge is 2.16. The number of carbonyl (C=O) groups excluding carboxylic acids is 2. The van der Waals surface area contributed by atoms with Crippen LogP contribution < -0.4 is 10.6 Å². The summed E-state index contributed by atoms with van der Waals surface area (Å²) in [6, 6.07) is 0. The molecule has 0 radical (unpaired) electrons. The maximum atomic E-state index is 11.6. The zero-order valence-electron chi connectivity index (χ0n) is 11.2. The fraction of sp³-hybridized carbons (Fsp3) is 0.833. The molecule has 0 spiro atoms. The number of carbonyl (C=O) groups is 2. The van der Waals surface area contributed by atoms with E-state index >= 15 is 0 Å². The number of rotatable bonds is 5. The van der Waals surface area contributed by atoms with Gasteiger partial charge in [-0.1, -0.05) is 0 Å². The van der Waals surface area contributed by atoms with Crippen LogP contribution in [-0.4, -0.2) is 50.4 Å². The van der Waals surface area contributed by atoms with E-state index in [-0.39, 0.29) is 24.2 Å². The summed E-state index contributed by atoms with van der Waals surface area (Å²) < 4.78 is 0. The lowest BCUT2D eigenvalue weighted by Gasteiger charge is -2.21. The summed E-state index contributed by atoms with van der Waals surface area (Å²) in [5, 5.41) is 6.09. The standard InChI is InChI=1S/C12H23N3O2.ClH/c1-15(2)12(17)5-8-14-11(16)9-10-3-6-13-7-4-10;/h10,13H,3-9H2,1-2H3,(H,14,16);1H. The van der Waals surface area contributed by atoms with Gasteiger partial charge in [0, 0.05) is 33.5 Å². The Balaban J connectivity index is 0.00000289. The van der Waals surface area contributed by atoms with Crippen molar-refractivity contribution in [1.29, 1.82) is 0 Å². The van der Waals surface area contributed by atoms with Gasteiger partial charge in [0.25, 0.3) is 0 Å². The van der Waals surface area contributed by atoms with Crippen LogP contribution in [-0.2, 0) is 9.59 Å². The van der Waals surface area contributed by atoms with Crippen LogP contribution in [0.3, 0.4) is 0 Å². The van der Waals surface area contributed by atoms with Crippen LogP contribution in [0.2, 0.25) is 0 Å². The lowest BCUT2D eigenvalue weighted by molar-refractivity contribution is -0.128. The molecule has 1 saturated heterocycles. The molecular formula is C12H24ClN3O2. The van der Waals surface area contributed by atoms with Crippen LogP contribution >= 0.6 is 12.4 Å². The molecule has 2 N–H and O–H groups in total. The van der Waals surface area contributed by atoms with Gasteiger partial charge in [-0.05, 0) is 31.8 Å². The molecule has 1 aliphatic heterocycles. The molecule has 0 aromatic rings. The van der Waals surface area contributed by atoms with E-state index in [1.165, 1.54) is 0 Å². The van der Waals surface area contributed by atoms with Crippen LogP contribution in [0.25, 0.3) is 0 Å². The van der Waals surface area contributed by atoms with E-state index in [0.717, 1.165) is 25.9 Å². The first-order chi connectivity index (χ1) is 8.09. The van der Waals surface area contributed by atoms with E-state index in [2.05, 4.69) is 10.6 Å². The van der Waals surface area contributed by atoms with E-state index in [9.17, 15) is 9.59 Å². The third kappa shape index (κ3) is 6.81. The highest BCUT2D eigenvalue weighted by atomic mass is 35.5. The van der Waals surface area contributed by atoms with Gasteiger partial charge in [0.05, 0.1) is 0 Å². The zero-order valence-corrected chi connectivity index (χ0v) is 12.0. The topological polar surface area (TPSA) is 61.4 Å². The Morgan fingerprint density at radius 2 is 1.89 bits per heavy atom. The Kier molecular flexibility index (Phi) is 8.75. The molecule has 0 aliphatic carbocycles. The molecule has 1 fully saturated rings. The van der Waals surface area contributed by atoms with Gasteiger partial charge in [0.15, 0.2) is 0 Å². The number of hydrogen-bond donors (Lipinski definition) is 2. The van der Waals surface area contributed by atoms with E-state index in [4.69, 9.17) is 0 Å².